The Morgan fingerprint density at radius 2 is 1.76 bits per heavy atom. The molecular formula is C13H22N4. The van der Waals surface area contributed by atoms with E-state index >= 15 is 0 Å². The van der Waals surface area contributed by atoms with Gasteiger partial charge in [-0.15, -0.1) is 0 Å². The number of hydrogen-bond donors (Lipinski definition) is 2. The zero-order chi connectivity index (χ0) is 12.3. The van der Waals surface area contributed by atoms with E-state index in [0.717, 1.165) is 17.2 Å². The minimum atomic E-state index is 0.197. The van der Waals surface area contributed by atoms with Gasteiger partial charge in [0.1, 0.15) is 18.0 Å². The maximum Gasteiger partial charge on any atom is 0.134 e. The van der Waals surface area contributed by atoms with Crippen LogP contribution in [0.15, 0.2) is 6.33 Å². The lowest BCUT2D eigenvalue weighted by molar-refractivity contribution is 0.348. The summed E-state index contributed by atoms with van der Waals surface area (Å²) in [5.41, 5.74) is 1.30. The van der Waals surface area contributed by atoms with E-state index in [9.17, 15) is 0 Å². The van der Waals surface area contributed by atoms with Crippen LogP contribution in [-0.4, -0.2) is 22.6 Å². The second-order valence-electron chi connectivity index (χ2n) is 5.19. The molecular weight excluding hydrogens is 212 g/mol. The Morgan fingerprint density at radius 3 is 2.41 bits per heavy atom. The van der Waals surface area contributed by atoms with Crippen LogP contribution in [0.25, 0.3) is 0 Å². The number of nitrogens with zero attached hydrogens (tertiary/aromatic N) is 2. The third-order valence-electron chi connectivity index (χ3n) is 3.70. The fourth-order valence-electron chi connectivity index (χ4n) is 2.57. The first kappa shape index (κ1) is 12.1. The molecule has 0 saturated heterocycles. The predicted molar refractivity (Wildman–Crippen MR) is 71.4 cm³/mol. The van der Waals surface area contributed by atoms with Gasteiger partial charge in [-0.2, -0.15) is 0 Å². The fourth-order valence-corrected chi connectivity index (χ4v) is 2.57. The lowest BCUT2D eigenvalue weighted by atomic mass is 9.83. The molecule has 0 aromatic carbocycles. The van der Waals surface area contributed by atoms with Gasteiger partial charge in [0.2, 0.25) is 0 Å². The summed E-state index contributed by atoms with van der Waals surface area (Å²) in [7, 11) is 1.89. The molecule has 1 aromatic heterocycles. The molecule has 0 atom stereocenters. The van der Waals surface area contributed by atoms with Gasteiger partial charge in [-0.3, -0.25) is 0 Å². The van der Waals surface area contributed by atoms with E-state index in [0.29, 0.717) is 0 Å². The largest absolute Gasteiger partial charge is 0.373 e. The molecule has 4 heteroatoms. The van der Waals surface area contributed by atoms with Crippen molar-refractivity contribution in [1.29, 1.82) is 0 Å². The molecule has 1 aliphatic carbocycles. The first-order valence-corrected chi connectivity index (χ1v) is 6.42. The highest BCUT2D eigenvalue weighted by Gasteiger charge is 2.27. The summed E-state index contributed by atoms with van der Waals surface area (Å²) in [6, 6.07) is 0. The van der Waals surface area contributed by atoms with Crippen LogP contribution in [0.4, 0.5) is 11.6 Å². The number of hydrogen-bond acceptors (Lipinski definition) is 4. The van der Waals surface area contributed by atoms with Crippen molar-refractivity contribution in [2.75, 3.05) is 17.7 Å². The molecule has 0 unspecified atom stereocenters. The van der Waals surface area contributed by atoms with Crippen LogP contribution in [-0.2, 0) is 0 Å². The van der Waals surface area contributed by atoms with Gasteiger partial charge < -0.3 is 10.6 Å². The standard InChI is InChI=1S/C13H22N4/c1-10-11(14-3)15-9-16-12(10)17-13(2)7-5-4-6-8-13/h9H,4-8H2,1-3H3,(H2,14,15,16,17). The predicted octanol–water partition coefficient (Wildman–Crippen LogP) is 2.96. The van der Waals surface area contributed by atoms with E-state index in [4.69, 9.17) is 0 Å². The van der Waals surface area contributed by atoms with Crippen LogP contribution in [0.5, 0.6) is 0 Å². The summed E-state index contributed by atoms with van der Waals surface area (Å²) in [4.78, 5) is 8.57. The number of rotatable bonds is 3. The molecule has 0 radical (unpaired) electrons. The zero-order valence-corrected chi connectivity index (χ0v) is 11.0. The molecule has 2 rings (SSSR count). The summed E-state index contributed by atoms with van der Waals surface area (Å²) in [6.45, 7) is 4.35. The van der Waals surface area contributed by atoms with Crippen LogP contribution < -0.4 is 10.6 Å². The SMILES string of the molecule is CNc1ncnc(NC2(C)CCCCC2)c1C. The van der Waals surface area contributed by atoms with Gasteiger partial charge in [0.25, 0.3) is 0 Å². The Bertz CT molecular complexity index is 383. The van der Waals surface area contributed by atoms with Crippen LogP contribution in [0.1, 0.15) is 44.6 Å². The van der Waals surface area contributed by atoms with E-state index in [1.807, 2.05) is 7.05 Å². The van der Waals surface area contributed by atoms with Gasteiger partial charge in [-0.1, -0.05) is 19.3 Å². The topological polar surface area (TPSA) is 49.8 Å². The van der Waals surface area contributed by atoms with Crippen molar-refractivity contribution in [3.05, 3.63) is 11.9 Å². The Labute approximate surface area is 103 Å². The average Bonchev–Trinajstić information content (AvgIpc) is 2.32. The minimum Gasteiger partial charge on any atom is -0.373 e. The van der Waals surface area contributed by atoms with Gasteiger partial charge in [0.05, 0.1) is 0 Å². The third-order valence-corrected chi connectivity index (χ3v) is 3.70. The van der Waals surface area contributed by atoms with Crippen molar-refractivity contribution in [1.82, 2.24) is 9.97 Å². The van der Waals surface area contributed by atoms with Gasteiger partial charge >= 0.3 is 0 Å². The maximum absolute atomic E-state index is 4.36. The van der Waals surface area contributed by atoms with Crippen LogP contribution in [0.3, 0.4) is 0 Å². The van der Waals surface area contributed by atoms with Gasteiger partial charge in [0, 0.05) is 18.2 Å². The lowest BCUT2D eigenvalue weighted by Crippen LogP contribution is -2.37. The molecule has 0 amide bonds. The Kier molecular flexibility index (Phi) is 3.50. The second-order valence-corrected chi connectivity index (χ2v) is 5.19. The fraction of sp³-hybridized carbons (Fsp3) is 0.692. The smallest absolute Gasteiger partial charge is 0.134 e. The molecule has 1 heterocycles. The Hall–Kier alpha value is -1.32. The van der Waals surface area contributed by atoms with E-state index in [1.54, 1.807) is 6.33 Å². The average molecular weight is 234 g/mol. The summed E-state index contributed by atoms with van der Waals surface area (Å²) in [5, 5.41) is 6.70. The molecule has 0 aliphatic heterocycles. The summed E-state index contributed by atoms with van der Waals surface area (Å²) in [6.07, 6.45) is 8.06. The van der Waals surface area contributed by atoms with E-state index in [1.165, 1.54) is 32.1 Å². The second kappa shape index (κ2) is 4.90. The highest BCUT2D eigenvalue weighted by molar-refractivity contribution is 5.57. The molecule has 0 spiro atoms. The number of aromatic nitrogens is 2. The summed E-state index contributed by atoms with van der Waals surface area (Å²) >= 11 is 0. The number of nitrogens with one attached hydrogen (secondary N) is 2. The van der Waals surface area contributed by atoms with E-state index in [2.05, 4.69) is 34.4 Å². The molecule has 4 nitrogen and oxygen atoms in total. The molecule has 17 heavy (non-hydrogen) atoms. The van der Waals surface area contributed by atoms with Crippen molar-refractivity contribution in [3.63, 3.8) is 0 Å². The maximum atomic E-state index is 4.36. The normalized spacial score (nSPS) is 18.8. The van der Waals surface area contributed by atoms with E-state index in [-0.39, 0.29) is 5.54 Å². The molecule has 0 bridgehead atoms. The Balaban J connectivity index is 2.17. The molecule has 1 saturated carbocycles. The first-order valence-electron chi connectivity index (χ1n) is 6.42. The van der Waals surface area contributed by atoms with Crippen molar-refractivity contribution in [3.8, 4) is 0 Å². The van der Waals surface area contributed by atoms with E-state index < -0.39 is 0 Å². The van der Waals surface area contributed by atoms with Crippen LogP contribution in [0.2, 0.25) is 0 Å². The van der Waals surface area contributed by atoms with Crippen molar-refractivity contribution in [2.45, 2.75) is 51.5 Å². The van der Waals surface area contributed by atoms with Crippen molar-refractivity contribution >= 4 is 11.6 Å². The third kappa shape index (κ3) is 2.68. The van der Waals surface area contributed by atoms with Gasteiger partial charge in [-0.05, 0) is 26.7 Å². The molecule has 94 valence electrons. The van der Waals surface area contributed by atoms with Crippen LogP contribution >= 0.6 is 0 Å². The number of anilines is 2. The quantitative estimate of drug-likeness (QED) is 0.844. The van der Waals surface area contributed by atoms with Crippen LogP contribution in [0, 0.1) is 6.92 Å². The molecule has 1 aromatic rings. The Morgan fingerprint density at radius 1 is 1.12 bits per heavy atom. The summed E-state index contributed by atoms with van der Waals surface area (Å²) < 4.78 is 0. The molecule has 1 aliphatic rings. The summed E-state index contributed by atoms with van der Waals surface area (Å²) in [5.74, 6) is 1.87. The zero-order valence-electron chi connectivity index (χ0n) is 11.0. The molecule has 2 N–H and O–H groups in total. The van der Waals surface area contributed by atoms with Crippen molar-refractivity contribution in [2.24, 2.45) is 0 Å². The molecule has 1 fully saturated rings. The van der Waals surface area contributed by atoms with Gasteiger partial charge in [0.15, 0.2) is 0 Å². The minimum absolute atomic E-state index is 0.197. The van der Waals surface area contributed by atoms with Gasteiger partial charge in [-0.25, -0.2) is 9.97 Å². The first-order chi connectivity index (χ1) is 8.14. The highest BCUT2D eigenvalue weighted by atomic mass is 15.1. The van der Waals surface area contributed by atoms with Crippen molar-refractivity contribution < 1.29 is 0 Å². The highest BCUT2D eigenvalue weighted by Crippen LogP contribution is 2.32. The lowest BCUT2D eigenvalue weighted by Gasteiger charge is -2.35. The monoisotopic (exact) mass is 234 g/mol.